The van der Waals surface area contributed by atoms with E-state index in [1.54, 1.807) is 17.9 Å². The number of rotatable bonds is 6. The van der Waals surface area contributed by atoms with E-state index >= 15 is 0 Å². The third-order valence-electron chi connectivity index (χ3n) is 6.50. The van der Waals surface area contributed by atoms with E-state index in [1.165, 1.54) is 11.1 Å². The fourth-order valence-electron chi connectivity index (χ4n) is 4.80. The van der Waals surface area contributed by atoms with Gasteiger partial charge in [0.15, 0.2) is 17.3 Å². The van der Waals surface area contributed by atoms with Crippen LogP contribution in [0.25, 0.3) is 10.9 Å². The zero-order valence-electron chi connectivity index (χ0n) is 18.7. The number of nitrogens with zero attached hydrogens (tertiary/aromatic N) is 5. The summed E-state index contributed by atoms with van der Waals surface area (Å²) in [5.74, 6) is 1.91. The smallest absolute Gasteiger partial charge is 0.253 e. The topological polar surface area (TPSA) is 107 Å². The highest BCUT2D eigenvalue weighted by Crippen LogP contribution is 2.37. The van der Waals surface area contributed by atoms with Gasteiger partial charge in [0, 0.05) is 37.2 Å². The first-order valence-corrected chi connectivity index (χ1v) is 11.2. The van der Waals surface area contributed by atoms with Crippen LogP contribution in [-0.4, -0.2) is 57.1 Å². The lowest BCUT2D eigenvalue weighted by Gasteiger charge is -2.34. The molecule has 1 atom stereocenters. The van der Waals surface area contributed by atoms with Gasteiger partial charge in [-0.3, -0.25) is 9.69 Å². The van der Waals surface area contributed by atoms with Crippen LogP contribution >= 0.6 is 0 Å². The molecule has 2 aromatic heterocycles. The largest absolute Gasteiger partial charge is 0.454 e. The van der Waals surface area contributed by atoms with Crippen molar-refractivity contribution < 1.29 is 14.2 Å². The van der Waals surface area contributed by atoms with Crippen LogP contribution in [0.15, 0.2) is 47.3 Å². The predicted molar refractivity (Wildman–Crippen MR) is 123 cm³/mol. The summed E-state index contributed by atoms with van der Waals surface area (Å²) in [4.78, 5) is 18.7. The van der Waals surface area contributed by atoms with Crippen molar-refractivity contribution in [1.82, 2.24) is 30.1 Å². The van der Waals surface area contributed by atoms with Gasteiger partial charge in [-0.15, -0.1) is 5.10 Å². The van der Waals surface area contributed by atoms with Crippen molar-refractivity contribution in [3.8, 4) is 11.5 Å². The van der Waals surface area contributed by atoms with Gasteiger partial charge < -0.3 is 19.2 Å². The molecular weight excluding hydrogens is 436 g/mol. The van der Waals surface area contributed by atoms with Gasteiger partial charge in [0.1, 0.15) is 6.04 Å². The molecule has 10 heteroatoms. The van der Waals surface area contributed by atoms with Crippen LogP contribution in [0.4, 0.5) is 0 Å². The first-order valence-electron chi connectivity index (χ1n) is 11.2. The molecule has 174 valence electrons. The lowest BCUT2D eigenvalue weighted by Crippen LogP contribution is -2.38. The van der Waals surface area contributed by atoms with Crippen LogP contribution in [0.2, 0.25) is 0 Å². The summed E-state index contributed by atoms with van der Waals surface area (Å²) in [5, 5.41) is 13.3. The van der Waals surface area contributed by atoms with Crippen LogP contribution in [0.3, 0.4) is 0 Å². The number of H-pyrrole nitrogens is 1. The molecule has 4 aromatic rings. The summed E-state index contributed by atoms with van der Waals surface area (Å²) in [6.45, 7) is 2.59. The third kappa shape index (κ3) is 3.61. The van der Waals surface area contributed by atoms with Crippen molar-refractivity contribution in [2.45, 2.75) is 25.6 Å². The highest BCUT2D eigenvalue weighted by atomic mass is 16.7. The van der Waals surface area contributed by atoms with Crippen molar-refractivity contribution in [2.75, 3.05) is 27.1 Å². The highest BCUT2D eigenvalue weighted by Gasteiger charge is 2.32. The molecular formula is C24H24N6O4. The monoisotopic (exact) mass is 460 g/mol. The van der Waals surface area contributed by atoms with E-state index in [0.29, 0.717) is 48.1 Å². The van der Waals surface area contributed by atoms with Crippen LogP contribution in [0.5, 0.6) is 11.5 Å². The van der Waals surface area contributed by atoms with Gasteiger partial charge in [-0.05, 0) is 40.1 Å². The zero-order valence-corrected chi connectivity index (χ0v) is 18.7. The Morgan fingerprint density at radius 3 is 2.82 bits per heavy atom. The number of fused-ring (bicyclic) bond motifs is 3. The molecule has 2 aromatic carbocycles. The summed E-state index contributed by atoms with van der Waals surface area (Å²) in [5.41, 5.74) is 3.67. The highest BCUT2D eigenvalue weighted by molar-refractivity contribution is 5.83. The molecule has 0 saturated carbocycles. The molecule has 34 heavy (non-hydrogen) atoms. The number of benzene rings is 2. The molecule has 6 rings (SSSR count). The number of aromatic nitrogens is 5. The molecule has 2 aliphatic rings. The fourth-order valence-corrected chi connectivity index (χ4v) is 4.80. The Morgan fingerprint density at radius 2 is 1.97 bits per heavy atom. The Balaban J connectivity index is 1.48. The number of aromatic amines is 1. The van der Waals surface area contributed by atoms with Gasteiger partial charge in [0.2, 0.25) is 6.79 Å². The normalized spacial score (nSPS) is 16.0. The molecule has 0 saturated heterocycles. The first-order chi connectivity index (χ1) is 16.7. The summed E-state index contributed by atoms with van der Waals surface area (Å²) < 4.78 is 18.0. The maximum Gasteiger partial charge on any atom is 0.253 e. The van der Waals surface area contributed by atoms with E-state index in [2.05, 4.69) is 43.6 Å². The predicted octanol–water partition coefficient (Wildman–Crippen LogP) is 2.04. The van der Waals surface area contributed by atoms with Gasteiger partial charge >= 0.3 is 0 Å². The molecule has 1 N–H and O–H groups in total. The van der Waals surface area contributed by atoms with Crippen molar-refractivity contribution in [1.29, 1.82) is 0 Å². The lowest BCUT2D eigenvalue weighted by molar-refractivity contribution is 0.169. The SMILES string of the molecule is COCCn1nnnc1[C@H](c1cc2cc3c(cc2[nH]c1=O)OCO3)N1CCc2ccccc2C1. The molecule has 0 radical (unpaired) electrons. The van der Waals surface area contributed by atoms with Crippen molar-refractivity contribution >= 4 is 10.9 Å². The van der Waals surface area contributed by atoms with Gasteiger partial charge in [-0.2, -0.15) is 0 Å². The minimum absolute atomic E-state index is 0.173. The van der Waals surface area contributed by atoms with E-state index in [1.807, 2.05) is 18.2 Å². The molecule has 4 heterocycles. The van der Waals surface area contributed by atoms with E-state index in [-0.39, 0.29) is 12.4 Å². The molecule has 10 nitrogen and oxygen atoms in total. The molecule has 0 aliphatic carbocycles. The van der Waals surface area contributed by atoms with Gasteiger partial charge in [0.05, 0.1) is 18.7 Å². The van der Waals surface area contributed by atoms with Gasteiger partial charge in [-0.1, -0.05) is 24.3 Å². The first kappa shape index (κ1) is 20.8. The number of nitrogens with one attached hydrogen (secondary N) is 1. The summed E-state index contributed by atoms with van der Waals surface area (Å²) in [7, 11) is 1.64. The number of hydrogen-bond acceptors (Lipinski definition) is 8. The Labute approximate surface area is 195 Å². The quantitative estimate of drug-likeness (QED) is 0.466. The van der Waals surface area contributed by atoms with Crippen LogP contribution in [0.1, 0.15) is 28.6 Å². The molecule has 0 spiro atoms. The van der Waals surface area contributed by atoms with Gasteiger partial charge in [0.25, 0.3) is 5.56 Å². The van der Waals surface area contributed by atoms with E-state index in [4.69, 9.17) is 14.2 Å². The number of methoxy groups -OCH3 is 1. The number of ether oxygens (including phenoxy) is 3. The second-order valence-corrected chi connectivity index (χ2v) is 8.49. The zero-order chi connectivity index (χ0) is 23.1. The van der Waals surface area contributed by atoms with Crippen LogP contribution < -0.4 is 15.0 Å². The second kappa shape index (κ2) is 8.54. The summed E-state index contributed by atoms with van der Waals surface area (Å²) >= 11 is 0. The average molecular weight is 460 g/mol. The number of hydrogen-bond donors (Lipinski definition) is 1. The number of tetrazole rings is 1. The fraction of sp³-hybridized carbons (Fsp3) is 0.333. The molecule has 0 unspecified atom stereocenters. The maximum atomic E-state index is 13.4. The Hall–Kier alpha value is -3.76. The standard InChI is InChI=1S/C24H24N6O4/c1-32-9-8-30-23(26-27-28-30)22(29-7-6-15-4-2-3-5-16(15)13-29)18-10-17-11-20-21(34-14-33-20)12-19(17)25-24(18)31/h2-5,10-12,22H,6-9,13-14H2,1H3,(H,25,31)/t22-/m0/s1. The molecule has 2 aliphatic heterocycles. The van der Waals surface area contributed by atoms with Crippen molar-refractivity contribution in [3.05, 3.63) is 75.3 Å². The lowest BCUT2D eigenvalue weighted by atomic mass is 9.96. The van der Waals surface area contributed by atoms with Gasteiger partial charge in [-0.25, -0.2) is 4.68 Å². The Bertz CT molecular complexity index is 1410. The average Bonchev–Trinajstić information content (AvgIpc) is 3.51. The van der Waals surface area contributed by atoms with E-state index < -0.39 is 6.04 Å². The minimum Gasteiger partial charge on any atom is -0.454 e. The summed E-state index contributed by atoms with van der Waals surface area (Å²) in [6.07, 6.45) is 0.885. The Kier molecular flexibility index (Phi) is 5.23. The molecule has 0 amide bonds. The van der Waals surface area contributed by atoms with Crippen molar-refractivity contribution in [2.24, 2.45) is 0 Å². The summed E-state index contributed by atoms with van der Waals surface area (Å²) in [6, 6.07) is 13.6. The van der Waals surface area contributed by atoms with E-state index in [0.717, 1.165) is 18.4 Å². The third-order valence-corrected chi connectivity index (χ3v) is 6.50. The van der Waals surface area contributed by atoms with Crippen LogP contribution in [0, 0.1) is 0 Å². The Morgan fingerprint density at radius 1 is 1.15 bits per heavy atom. The van der Waals surface area contributed by atoms with E-state index in [9.17, 15) is 4.79 Å². The minimum atomic E-state index is -0.432. The van der Waals surface area contributed by atoms with Crippen LogP contribution in [-0.2, 0) is 24.2 Å². The van der Waals surface area contributed by atoms with Crippen molar-refractivity contribution in [3.63, 3.8) is 0 Å². The number of pyridine rings is 1. The molecule has 0 fully saturated rings. The molecule has 0 bridgehead atoms. The second-order valence-electron chi connectivity index (χ2n) is 8.49. The maximum absolute atomic E-state index is 13.4.